The van der Waals surface area contributed by atoms with Crippen LogP contribution in [0.4, 0.5) is 11.5 Å². The maximum absolute atomic E-state index is 11.1. The van der Waals surface area contributed by atoms with Crippen molar-refractivity contribution in [2.75, 3.05) is 11.9 Å². The topological polar surface area (TPSA) is 105 Å². The number of aromatic nitrogens is 1. The highest BCUT2D eigenvalue weighted by Crippen LogP contribution is 2.19. The van der Waals surface area contributed by atoms with E-state index >= 15 is 0 Å². The van der Waals surface area contributed by atoms with Crippen LogP contribution >= 0.6 is 0 Å². The first-order valence-corrected chi connectivity index (χ1v) is 7.17. The van der Waals surface area contributed by atoms with Crippen LogP contribution in [0.2, 0.25) is 0 Å². The van der Waals surface area contributed by atoms with Gasteiger partial charge in [-0.25, -0.2) is 9.78 Å². The van der Waals surface area contributed by atoms with Gasteiger partial charge < -0.3 is 10.4 Å². The fourth-order valence-corrected chi connectivity index (χ4v) is 1.97. The smallest absolute Gasteiger partial charge is 0.339 e. The van der Waals surface area contributed by atoms with Crippen LogP contribution < -0.4 is 5.32 Å². The van der Waals surface area contributed by atoms with Crippen molar-refractivity contribution in [2.45, 2.75) is 45.4 Å². The van der Waals surface area contributed by atoms with Gasteiger partial charge in [-0.3, -0.25) is 10.1 Å². The van der Waals surface area contributed by atoms with Crippen molar-refractivity contribution in [3.05, 3.63) is 27.9 Å². The van der Waals surface area contributed by atoms with Crippen LogP contribution in [0.1, 0.15) is 55.8 Å². The van der Waals surface area contributed by atoms with Crippen LogP contribution in [-0.2, 0) is 0 Å². The first kappa shape index (κ1) is 16.9. The molecule has 1 aromatic rings. The normalized spacial score (nSPS) is 10.3. The van der Waals surface area contributed by atoms with Crippen molar-refractivity contribution in [3.8, 4) is 0 Å². The molecular weight excluding hydrogens is 274 g/mol. The molecule has 0 spiro atoms. The molecule has 7 heteroatoms. The van der Waals surface area contributed by atoms with Gasteiger partial charge in [-0.1, -0.05) is 39.0 Å². The number of hydrogen-bond donors (Lipinski definition) is 2. The molecule has 116 valence electrons. The summed E-state index contributed by atoms with van der Waals surface area (Å²) in [7, 11) is 0. The Morgan fingerprint density at radius 2 is 2.00 bits per heavy atom. The highest BCUT2D eigenvalue weighted by molar-refractivity contribution is 5.93. The van der Waals surface area contributed by atoms with Crippen molar-refractivity contribution in [3.63, 3.8) is 0 Å². The number of hydrogen-bond acceptors (Lipinski definition) is 5. The maximum atomic E-state index is 11.1. The van der Waals surface area contributed by atoms with Crippen molar-refractivity contribution in [1.82, 2.24) is 4.98 Å². The summed E-state index contributed by atoms with van der Waals surface area (Å²) in [5.74, 6) is -1.04. The second-order valence-electron chi connectivity index (χ2n) is 4.85. The van der Waals surface area contributed by atoms with Crippen LogP contribution in [-0.4, -0.2) is 27.5 Å². The molecule has 0 aliphatic rings. The number of rotatable bonds is 10. The summed E-state index contributed by atoms with van der Waals surface area (Å²) in [6.07, 6.45) is 7.87. The van der Waals surface area contributed by atoms with Crippen LogP contribution in [0.15, 0.2) is 12.3 Å². The summed E-state index contributed by atoms with van der Waals surface area (Å²) in [5.41, 5.74) is -0.493. The number of aromatic carboxylic acids is 1. The fourth-order valence-electron chi connectivity index (χ4n) is 1.97. The highest BCUT2D eigenvalue weighted by Gasteiger charge is 2.17. The number of unbranched alkanes of at least 4 members (excludes halogenated alkanes) is 5. The number of nitrogens with zero attached hydrogens (tertiary/aromatic N) is 2. The predicted octanol–water partition coefficient (Wildman–Crippen LogP) is 3.46. The lowest BCUT2D eigenvalue weighted by Crippen LogP contribution is -2.10. The number of anilines is 1. The molecule has 0 atom stereocenters. The summed E-state index contributed by atoms with van der Waals surface area (Å²) in [4.78, 5) is 24.9. The molecule has 1 aromatic heterocycles. The van der Waals surface area contributed by atoms with Gasteiger partial charge in [-0.2, -0.15) is 0 Å². The molecule has 0 saturated carbocycles. The zero-order valence-corrected chi connectivity index (χ0v) is 12.2. The van der Waals surface area contributed by atoms with Crippen LogP contribution in [0.3, 0.4) is 0 Å². The second kappa shape index (κ2) is 8.89. The summed E-state index contributed by atoms with van der Waals surface area (Å²) < 4.78 is 0. The zero-order valence-electron chi connectivity index (χ0n) is 12.2. The van der Waals surface area contributed by atoms with Gasteiger partial charge in [0.05, 0.1) is 4.92 Å². The highest BCUT2D eigenvalue weighted by atomic mass is 16.6. The summed E-state index contributed by atoms with van der Waals surface area (Å²) >= 11 is 0. The Bertz CT molecular complexity index is 491. The Morgan fingerprint density at radius 3 is 2.62 bits per heavy atom. The molecule has 2 N–H and O–H groups in total. The molecule has 1 heterocycles. The Balaban J connectivity index is 2.51. The SMILES string of the molecule is CCCCCCCCNc1ncc([N+](=O)[O-])cc1C(=O)O. The van der Waals surface area contributed by atoms with Crippen LogP contribution in [0.5, 0.6) is 0 Å². The number of carboxylic acids is 1. The van der Waals surface area contributed by atoms with Gasteiger partial charge >= 0.3 is 5.97 Å². The van der Waals surface area contributed by atoms with E-state index in [2.05, 4.69) is 17.2 Å². The van der Waals surface area contributed by atoms with E-state index in [1.54, 1.807) is 0 Å². The third kappa shape index (κ3) is 5.76. The fraction of sp³-hybridized carbons (Fsp3) is 0.571. The lowest BCUT2D eigenvalue weighted by Gasteiger charge is -2.08. The maximum Gasteiger partial charge on any atom is 0.339 e. The van der Waals surface area contributed by atoms with E-state index < -0.39 is 10.9 Å². The Hall–Kier alpha value is -2.18. The molecule has 0 bridgehead atoms. The molecule has 0 aliphatic heterocycles. The molecule has 0 unspecified atom stereocenters. The molecule has 21 heavy (non-hydrogen) atoms. The number of carbonyl (C=O) groups is 1. The van der Waals surface area contributed by atoms with Gasteiger partial charge in [-0.05, 0) is 6.42 Å². The van der Waals surface area contributed by atoms with E-state index in [1.165, 1.54) is 19.3 Å². The molecule has 1 rings (SSSR count). The van der Waals surface area contributed by atoms with Crippen molar-refractivity contribution in [2.24, 2.45) is 0 Å². The number of nitrogens with one attached hydrogen (secondary N) is 1. The van der Waals surface area contributed by atoms with Crippen LogP contribution in [0.25, 0.3) is 0 Å². The third-order valence-corrected chi connectivity index (χ3v) is 3.14. The first-order chi connectivity index (χ1) is 10.1. The van der Waals surface area contributed by atoms with Gasteiger partial charge in [0.2, 0.25) is 0 Å². The number of nitro groups is 1. The summed E-state index contributed by atoms with van der Waals surface area (Å²) in [6, 6.07) is 1.03. The van der Waals surface area contributed by atoms with Crippen LogP contribution in [0, 0.1) is 10.1 Å². The van der Waals surface area contributed by atoms with Crippen molar-refractivity contribution < 1.29 is 14.8 Å². The minimum absolute atomic E-state index is 0.171. The molecule has 0 fully saturated rings. The lowest BCUT2D eigenvalue weighted by molar-refractivity contribution is -0.385. The standard InChI is InChI=1S/C14H21N3O4/c1-2-3-4-5-6-7-8-15-13-12(14(18)19)9-11(10-16-13)17(20)21/h9-10H,2-8H2,1H3,(H,15,16)(H,18,19). The predicted molar refractivity (Wildman–Crippen MR) is 79.7 cm³/mol. The van der Waals surface area contributed by atoms with E-state index in [4.69, 9.17) is 5.11 Å². The number of pyridine rings is 1. The average Bonchev–Trinajstić information content (AvgIpc) is 2.46. The third-order valence-electron chi connectivity index (χ3n) is 3.14. The Labute approximate surface area is 123 Å². The van der Waals surface area contributed by atoms with Gasteiger partial charge in [0.1, 0.15) is 17.6 Å². The molecule has 0 radical (unpaired) electrons. The quantitative estimate of drug-likeness (QED) is 0.389. The van der Waals surface area contributed by atoms with Gasteiger partial charge in [0.15, 0.2) is 0 Å². The van der Waals surface area contributed by atoms with Crippen molar-refractivity contribution >= 4 is 17.5 Å². The van der Waals surface area contributed by atoms with Gasteiger partial charge in [0.25, 0.3) is 5.69 Å². The van der Waals surface area contributed by atoms with E-state index in [9.17, 15) is 14.9 Å². The van der Waals surface area contributed by atoms with E-state index in [1.807, 2.05) is 0 Å². The average molecular weight is 295 g/mol. The lowest BCUT2D eigenvalue weighted by atomic mass is 10.1. The Kier molecular flexibility index (Phi) is 7.14. The number of carboxylic acid groups (broad SMARTS) is 1. The van der Waals surface area contributed by atoms with E-state index in [0.717, 1.165) is 31.5 Å². The molecular formula is C14H21N3O4. The molecule has 7 nitrogen and oxygen atoms in total. The first-order valence-electron chi connectivity index (χ1n) is 7.17. The van der Waals surface area contributed by atoms with Gasteiger partial charge in [-0.15, -0.1) is 0 Å². The summed E-state index contributed by atoms with van der Waals surface area (Å²) in [5, 5.41) is 22.6. The molecule has 0 aliphatic carbocycles. The summed E-state index contributed by atoms with van der Waals surface area (Å²) in [6.45, 7) is 2.77. The van der Waals surface area contributed by atoms with E-state index in [0.29, 0.717) is 6.54 Å². The largest absolute Gasteiger partial charge is 0.478 e. The van der Waals surface area contributed by atoms with Crippen molar-refractivity contribution in [1.29, 1.82) is 0 Å². The minimum Gasteiger partial charge on any atom is -0.478 e. The monoisotopic (exact) mass is 295 g/mol. The Morgan fingerprint density at radius 1 is 1.33 bits per heavy atom. The molecule has 0 saturated heterocycles. The van der Waals surface area contributed by atoms with Gasteiger partial charge in [0, 0.05) is 12.6 Å². The second-order valence-corrected chi connectivity index (χ2v) is 4.85. The van der Waals surface area contributed by atoms with E-state index in [-0.39, 0.29) is 17.1 Å². The molecule has 0 amide bonds. The zero-order chi connectivity index (χ0) is 15.7. The molecule has 0 aromatic carbocycles. The minimum atomic E-state index is -1.23.